The lowest BCUT2D eigenvalue weighted by Crippen LogP contribution is -2.36. The highest BCUT2D eigenvalue weighted by Crippen LogP contribution is 2.23. The molecule has 3 aromatic carbocycles. The van der Waals surface area contributed by atoms with Crippen LogP contribution in [0.4, 0.5) is 5.69 Å². The zero-order valence-electron chi connectivity index (χ0n) is 25.2. The van der Waals surface area contributed by atoms with Gasteiger partial charge < -0.3 is 21.3 Å². The van der Waals surface area contributed by atoms with Crippen molar-refractivity contribution in [2.45, 2.75) is 59.9 Å². The van der Waals surface area contributed by atoms with E-state index in [-0.39, 0.29) is 37.0 Å². The van der Waals surface area contributed by atoms with Crippen molar-refractivity contribution in [3.63, 3.8) is 0 Å². The zero-order valence-corrected chi connectivity index (χ0v) is 25.2. The van der Waals surface area contributed by atoms with E-state index in [1.54, 1.807) is 12.1 Å². The second-order valence-corrected chi connectivity index (χ2v) is 9.97. The number of aryl methyl sites for hydroxylation is 1. The number of benzene rings is 3. The van der Waals surface area contributed by atoms with E-state index in [9.17, 15) is 19.2 Å². The first-order valence-electron chi connectivity index (χ1n) is 14.4. The molecule has 4 rings (SSSR count). The molecule has 42 heavy (non-hydrogen) atoms. The van der Waals surface area contributed by atoms with Gasteiger partial charge in [0.25, 0.3) is 0 Å². The van der Waals surface area contributed by atoms with Gasteiger partial charge in [-0.1, -0.05) is 74.5 Å². The number of anilines is 1. The Morgan fingerprint density at radius 3 is 2.19 bits per heavy atom. The minimum absolute atomic E-state index is 0.000418. The minimum Gasteiger partial charge on any atom is -0.350 e. The fraction of sp³-hybridized carbons (Fsp3) is 0.353. The number of amides is 3. The Morgan fingerprint density at radius 2 is 1.55 bits per heavy atom. The van der Waals surface area contributed by atoms with Crippen LogP contribution in [0.25, 0.3) is 0 Å². The van der Waals surface area contributed by atoms with Gasteiger partial charge >= 0.3 is 0 Å². The average molecular weight is 573 g/mol. The number of nitrogens with zero attached hydrogens (tertiary/aromatic N) is 1. The molecule has 0 aliphatic carbocycles. The maximum Gasteiger partial charge on any atom is 0.243 e. The summed E-state index contributed by atoms with van der Waals surface area (Å²) in [4.78, 5) is 47.8. The molecule has 3 aromatic rings. The van der Waals surface area contributed by atoms with E-state index in [4.69, 9.17) is 5.73 Å². The summed E-state index contributed by atoms with van der Waals surface area (Å²) < 4.78 is 0. The van der Waals surface area contributed by atoms with Crippen LogP contribution < -0.4 is 16.4 Å². The van der Waals surface area contributed by atoms with Crippen molar-refractivity contribution in [2.24, 2.45) is 5.73 Å². The van der Waals surface area contributed by atoms with Crippen LogP contribution >= 0.6 is 0 Å². The Kier molecular flexibility index (Phi) is 14.7. The Bertz CT molecular complexity index is 1320. The molecule has 3 amide bonds. The number of Topliss-reactive ketones (excluding diaryl/α,β-unsaturated/α-hetero) is 1. The standard InChI is InChI=1S/C19H19NO2.C13H18N2O2.C2H7N/c21-18(16-7-2-1-3-8-16)10-11-19(22)20-13-12-15-6-4-5-9-17(15)14-20;1-4-11-10(3)9(2)5-6-12(11)15-13(17)7-14-8-16;1-2-3/h1-9H,10-14H2;5-6,8H,4,7H2,1-3H3,(H,14,16)(H,15,17);2-3H2,1H3. The molecule has 0 saturated carbocycles. The van der Waals surface area contributed by atoms with Crippen molar-refractivity contribution >= 4 is 29.7 Å². The van der Waals surface area contributed by atoms with Gasteiger partial charge in [0.1, 0.15) is 0 Å². The van der Waals surface area contributed by atoms with Crippen LogP contribution in [0.3, 0.4) is 0 Å². The van der Waals surface area contributed by atoms with E-state index in [2.05, 4.69) is 29.7 Å². The fourth-order valence-electron chi connectivity index (χ4n) is 4.63. The molecule has 4 N–H and O–H groups in total. The van der Waals surface area contributed by atoms with Crippen molar-refractivity contribution in [3.05, 3.63) is 100 Å². The largest absolute Gasteiger partial charge is 0.350 e. The molecule has 1 aliphatic heterocycles. The predicted octanol–water partition coefficient (Wildman–Crippen LogP) is 4.75. The van der Waals surface area contributed by atoms with Crippen LogP contribution in [0.2, 0.25) is 0 Å². The smallest absolute Gasteiger partial charge is 0.243 e. The topological polar surface area (TPSA) is 122 Å². The molecular weight excluding hydrogens is 528 g/mol. The molecule has 0 radical (unpaired) electrons. The van der Waals surface area contributed by atoms with Gasteiger partial charge in [-0.15, -0.1) is 0 Å². The van der Waals surface area contributed by atoms with Gasteiger partial charge in [0.2, 0.25) is 18.2 Å². The molecule has 224 valence electrons. The maximum atomic E-state index is 12.3. The number of rotatable bonds is 9. The number of nitrogens with two attached hydrogens (primary N) is 1. The van der Waals surface area contributed by atoms with Gasteiger partial charge in [-0.3, -0.25) is 19.2 Å². The number of hydrogen-bond donors (Lipinski definition) is 3. The number of ketones is 1. The minimum atomic E-state index is -0.213. The Balaban J connectivity index is 0.000000277. The first kappa shape index (κ1) is 33.9. The lowest BCUT2D eigenvalue weighted by Gasteiger charge is -2.28. The molecular formula is C34H44N4O4. The van der Waals surface area contributed by atoms with Crippen LogP contribution in [-0.4, -0.2) is 48.5 Å². The third-order valence-corrected chi connectivity index (χ3v) is 6.99. The molecule has 0 spiro atoms. The summed E-state index contributed by atoms with van der Waals surface area (Å²) in [5, 5.41) is 5.14. The number of carbonyl (C=O) groups is 4. The highest BCUT2D eigenvalue weighted by atomic mass is 16.2. The summed E-state index contributed by atoms with van der Waals surface area (Å²) in [5.74, 6) is -0.111. The normalized spacial score (nSPS) is 11.5. The van der Waals surface area contributed by atoms with E-state index in [0.717, 1.165) is 37.2 Å². The number of fused-ring (bicyclic) bond motifs is 1. The van der Waals surface area contributed by atoms with Gasteiger partial charge in [0.05, 0.1) is 6.54 Å². The number of carbonyl (C=O) groups excluding carboxylic acids is 4. The predicted molar refractivity (Wildman–Crippen MR) is 168 cm³/mol. The van der Waals surface area contributed by atoms with Crippen molar-refractivity contribution in [2.75, 3.05) is 25.0 Å². The van der Waals surface area contributed by atoms with Gasteiger partial charge in [-0.25, -0.2) is 0 Å². The average Bonchev–Trinajstić information content (AvgIpc) is 3.01. The quantitative estimate of drug-likeness (QED) is 0.252. The van der Waals surface area contributed by atoms with E-state index in [1.165, 1.54) is 22.3 Å². The van der Waals surface area contributed by atoms with Crippen LogP contribution in [0.1, 0.15) is 64.9 Å². The van der Waals surface area contributed by atoms with Gasteiger partial charge in [0.15, 0.2) is 5.78 Å². The van der Waals surface area contributed by atoms with E-state index in [1.807, 2.05) is 68.1 Å². The molecule has 1 aliphatic rings. The molecule has 0 aromatic heterocycles. The lowest BCUT2D eigenvalue weighted by atomic mass is 9.99. The summed E-state index contributed by atoms with van der Waals surface area (Å²) in [6, 6.07) is 21.3. The number of hydrogen-bond acceptors (Lipinski definition) is 5. The Morgan fingerprint density at radius 1 is 0.905 bits per heavy atom. The summed E-state index contributed by atoms with van der Waals surface area (Å²) in [5.41, 5.74) is 12.5. The monoisotopic (exact) mass is 572 g/mol. The summed E-state index contributed by atoms with van der Waals surface area (Å²) in [6.07, 6.45) is 2.84. The summed E-state index contributed by atoms with van der Waals surface area (Å²) in [7, 11) is 0. The molecule has 0 fully saturated rings. The first-order chi connectivity index (χ1) is 20.2. The molecule has 0 bridgehead atoms. The molecule has 0 atom stereocenters. The van der Waals surface area contributed by atoms with Crippen molar-refractivity contribution < 1.29 is 19.2 Å². The fourth-order valence-corrected chi connectivity index (χ4v) is 4.63. The molecule has 8 heteroatoms. The SMILES string of the molecule is CCN.CCc1c(NC(=O)CNC=O)ccc(C)c1C.O=C(CCC(=O)N1CCc2ccccc2C1)c1ccccc1. The summed E-state index contributed by atoms with van der Waals surface area (Å²) in [6.45, 7) is 10.2. The van der Waals surface area contributed by atoms with Gasteiger partial charge in [0, 0.05) is 37.2 Å². The van der Waals surface area contributed by atoms with Crippen molar-refractivity contribution in [3.8, 4) is 0 Å². The van der Waals surface area contributed by atoms with Crippen LogP contribution in [0.5, 0.6) is 0 Å². The van der Waals surface area contributed by atoms with Crippen molar-refractivity contribution in [1.29, 1.82) is 0 Å². The highest BCUT2D eigenvalue weighted by Gasteiger charge is 2.21. The van der Waals surface area contributed by atoms with Crippen LogP contribution in [-0.2, 0) is 33.8 Å². The molecule has 1 heterocycles. The molecule has 0 saturated heterocycles. The Hall–Kier alpha value is -4.30. The van der Waals surface area contributed by atoms with E-state index >= 15 is 0 Å². The third kappa shape index (κ3) is 10.6. The van der Waals surface area contributed by atoms with Crippen molar-refractivity contribution in [1.82, 2.24) is 10.2 Å². The number of nitrogens with one attached hydrogen (secondary N) is 2. The highest BCUT2D eigenvalue weighted by molar-refractivity contribution is 5.98. The second kappa shape index (κ2) is 18.2. The summed E-state index contributed by atoms with van der Waals surface area (Å²) >= 11 is 0. The Labute approximate surface area is 249 Å². The van der Waals surface area contributed by atoms with E-state index < -0.39 is 0 Å². The maximum absolute atomic E-state index is 12.3. The van der Waals surface area contributed by atoms with Crippen LogP contribution in [0.15, 0.2) is 66.7 Å². The van der Waals surface area contributed by atoms with E-state index in [0.29, 0.717) is 18.5 Å². The molecule has 8 nitrogen and oxygen atoms in total. The van der Waals surface area contributed by atoms with Gasteiger partial charge in [-0.2, -0.15) is 0 Å². The van der Waals surface area contributed by atoms with Crippen LogP contribution in [0, 0.1) is 13.8 Å². The second-order valence-electron chi connectivity index (χ2n) is 9.97. The zero-order chi connectivity index (χ0) is 30.9. The lowest BCUT2D eigenvalue weighted by molar-refractivity contribution is -0.132. The first-order valence-corrected chi connectivity index (χ1v) is 14.4. The molecule has 0 unspecified atom stereocenters. The third-order valence-electron chi connectivity index (χ3n) is 6.99. The van der Waals surface area contributed by atoms with Gasteiger partial charge in [-0.05, 0) is 67.1 Å².